The fourth-order valence-electron chi connectivity index (χ4n) is 1.71. The lowest BCUT2D eigenvalue weighted by molar-refractivity contribution is 0.100. The Kier molecular flexibility index (Phi) is 4.59. The molecule has 0 aliphatic carbocycles. The standard InChI is InChI=1S/C13H20ClN3O/c1-13(2,3)10(7-15)17-9-6-4-5-8(14)11(9)12(16)18/h4-6,10,17H,7,15H2,1-3H3,(H2,16,18). The second-order valence-corrected chi connectivity index (χ2v) is 5.73. The van der Waals surface area contributed by atoms with Crippen molar-refractivity contribution in [3.8, 4) is 0 Å². The number of benzene rings is 1. The van der Waals surface area contributed by atoms with Gasteiger partial charge in [0.15, 0.2) is 0 Å². The molecule has 0 aliphatic rings. The van der Waals surface area contributed by atoms with Crippen molar-refractivity contribution in [2.75, 3.05) is 11.9 Å². The predicted molar refractivity (Wildman–Crippen MR) is 75.9 cm³/mol. The van der Waals surface area contributed by atoms with E-state index < -0.39 is 5.91 Å². The number of rotatable bonds is 4. The zero-order chi connectivity index (χ0) is 13.9. The molecule has 0 aliphatic heterocycles. The summed E-state index contributed by atoms with van der Waals surface area (Å²) in [7, 11) is 0. The van der Waals surface area contributed by atoms with E-state index in [1.807, 2.05) is 0 Å². The lowest BCUT2D eigenvalue weighted by Gasteiger charge is -2.31. The Hall–Kier alpha value is -1.26. The first kappa shape index (κ1) is 14.8. The van der Waals surface area contributed by atoms with Crippen molar-refractivity contribution in [3.63, 3.8) is 0 Å². The van der Waals surface area contributed by atoms with E-state index in [2.05, 4.69) is 26.1 Å². The van der Waals surface area contributed by atoms with Gasteiger partial charge in [-0.3, -0.25) is 4.79 Å². The first-order valence-corrected chi connectivity index (χ1v) is 6.20. The minimum atomic E-state index is -0.548. The van der Waals surface area contributed by atoms with Crippen LogP contribution >= 0.6 is 11.6 Å². The zero-order valence-electron chi connectivity index (χ0n) is 11.0. The van der Waals surface area contributed by atoms with Gasteiger partial charge in [0, 0.05) is 18.3 Å². The van der Waals surface area contributed by atoms with Crippen molar-refractivity contribution >= 4 is 23.2 Å². The third-order valence-electron chi connectivity index (χ3n) is 2.87. The molecule has 1 unspecified atom stereocenters. The lowest BCUT2D eigenvalue weighted by atomic mass is 9.86. The van der Waals surface area contributed by atoms with Gasteiger partial charge in [0.1, 0.15) is 0 Å². The van der Waals surface area contributed by atoms with Crippen LogP contribution in [0, 0.1) is 5.41 Å². The highest BCUT2D eigenvalue weighted by Gasteiger charge is 2.24. The maximum Gasteiger partial charge on any atom is 0.252 e. The third-order valence-corrected chi connectivity index (χ3v) is 3.19. The van der Waals surface area contributed by atoms with Crippen LogP contribution < -0.4 is 16.8 Å². The van der Waals surface area contributed by atoms with E-state index in [1.54, 1.807) is 18.2 Å². The Labute approximate surface area is 113 Å². The van der Waals surface area contributed by atoms with Crippen molar-refractivity contribution in [2.24, 2.45) is 16.9 Å². The predicted octanol–water partition coefficient (Wildman–Crippen LogP) is 2.22. The molecule has 1 amide bonds. The first-order chi connectivity index (χ1) is 8.27. The van der Waals surface area contributed by atoms with Gasteiger partial charge < -0.3 is 16.8 Å². The first-order valence-electron chi connectivity index (χ1n) is 5.82. The number of carbonyl (C=O) groups excluding carboxylic acids is 1. The summed E-state index contributed by atoms with van der Waals surface area (Å²) in [6.07, 6.45) is 0. The normalized spacial score (nSPS) is 13.2. The molecule has 0 bridgehead atoms. The zero-order valence-corrected chi connectivity index (χ0v) is 11.7. The second kappa shape index (κ2) is 5.59. The van der Waals surface area contributed by atoms with Crippen LogP contribution in [0.4, 0.5) is 5.69 Å². The van der Waals surface area contributed by atoms with Crippen LogP contribution in [-0.2, 0) is 0 Å². The van der Waals surface area contributed by atoms with Gasteiger partial charge in [0.05, 0.1) is 10.6 Å². The van der Waals surface area contributed by atoms with Crippen LogP contribution in [0.25, 0.3) is 0 Å². The number of nitrogens with one attached hydrogen (secondary N) is 1. The number of hydrogen-bond donors (Lipinski definition) is 3. The molecule has 1 aromatic carbocycles. The Balaban J connectivity index is 3.11. The van der Waals surface area contributed by atoms with Gasteiger partial charge >= 0.3 is 0 Å². The van der Waals surface area contributed by atoms with Crippen LogP contribution in [0.5, 0.6) is 0 Å². The van der Waals surface area contributed by atoms with E-state index in [0.717, 1.165) is 0 Å². The molecule has 4 nitrogen and oxygen atoms in total. The van der Waals surface area contributed by atoms with Gasteiger partial charge in [0.2, 0.25) is 0 Å². The van der Waals surface area contributed by atoms with E-state index in [0.29, 0.717) is 22.8 Å². The quantitative estimate of drug-likeness (QED) is 0.784. The Morgan fingerprint density at radius 2 is 2.06 bits per heavy atom. The molecule has 1 rings (SSSR count). The summed E-state index contributed by atoms with van der Waals surface area (Å²) in [6, 6.07) is 5.21. The topological polar surface area (TPSA) is 81.1 Å². The molecular weight excluding hydrogens is 250 g/mol. The van der Waals surface area contributed by atoms with Crippen LogP contribution in [0.2, 0.25) is 5.02 Å². The number of amides is 1. The molecule has 0 heterocycles. The molecule has 100 valence electrons. The smallest absolute Gasteiger partial charge is 0.252 e. The third kappa shape index (κ3) is 3.37. The average molecular weight is 270 g/mol. The molecule has 5 N–H and O–H groups in total. The van der Waals surface area contributed by atoms with Crippen molar-refractivity contribution < 1.29 is 4.79 Å². The van der Waals surface area contributed by atoms with Crippen LogP contribution in [0.3, 0.4) is 0 Å². The van der Waals surface area contributed by atoms with Gasteiger partial charge in [0.25, 0.3) is 5.91 Å². The second-order valence-electron chi connectivity index (χ2n) is 5.33. The van der Waals surface area contributed by atoms with Crippen molar-refractivity contribution in [2.45, 2.75) is 26.8 Å². The highest BCUT2D eigenvalue weighted by molar-refractivity contribution is 6.34. The van der Waals surface area contributed by atoms with Crippen molar-refractivity contribution in [3.05, 3.63) is 28.8 Å². The highest BCUT2D eigenvalue weighted by Crippen LogP contribution is 2.28. The molecule has 1 aromatic rings. The van der Waals surface area contributed by atoms with Crippen molar-refractivity contribution in [1.29, 1.82) is 0 Å². The summed E-state index contributed by atoms with van der Waals surface area (Å²) in [5.41, 5.74) is 12.0. The van der Waals surface area contributed by atoms with Gasteiger partial charge in [-0.2, -0.15) is 0 Å². The van der Waals surface area contributed by atoms with Crippen LogP contribution in [0.15, 0.2) is 18.2 Å². The number of hydrogen-bond acceptors (Lipinski definition) is 3. The molecule has 0 radical (unpaired) electrons. The molecule has 0 aromatic heterocycles. The van der Waals surface area contributed by atoms with Gasteiger partial charge in [-0.25, -0.2) is 0 Å². The van der Waals surface area contributed by atoms with Gasteiger partial charge in [-0.15, -0.1) is 0 Å². The highest BCUT2D eigenvalue weighted by atomic mass is 35.5. The molecule has 18 heavy (non-hydrogen) atoms. The molecule has 5 heteroatoms. The maximum atomic E-state index is 11.4. The number of carbonyl (C=O) groups is 1. The summed E-state index contributed by atoms with van der Waals surface area (Å²) in [5.74, 6) is -0.548. The van der Waals surface area contributed by atoms with Gasteiger partial charge in [-0.1, -0.05) is 38.4 Å². The minimum absolute atomic E-state index is 0.0223. The average Bonchev–Trinajstić information content (AvgIpc) is 2.23. The molecule has 0 saturated carbocycles. The summed E-state index contributed by atoms with van der Waals surface area (Å²) < 4.78 is 0. The van der Waals surface area contributed by atoms with E-state index in [1.165, 1.54) is 0 Å². The van der Waals surface area contributed by atoms with E-state index in [-0.39, 0.29) is 11.5 Å². The fraction of sp³-hybridized carbons (Fsp3) is 0.462. The number of anilines is 1. The molecule has 0 saturated heterocycles. The maximum absolute atomic E-state index is 11.4. The number of halogens is 1. The van der Waals surface area contributed by atoms with Crippen molar-refractivity contribution in [1.82, 2.24) is 0 Å². The Morgan fingerprint density at radius 1 is 1.44 bits per heavy atom. The summed E-state index contributed by atoms with van der Waals surface area (Å²) in [5, 5.41) is 3.59. The molecule has 0 spiro atoms. The van der Waals surface area contributed by atoms with E-state index in [4.69, 9.17) is 23.1 Å². The molecule has 0 fully saturated rings. The number of nitrogens with two attached hydrogens (primary N) is 2. The minimum Gasteiger partial charge on any atom is -0.380 e. The van der Waals surface area contributed by atoms with Crippen LogP contribution in [0.1, 0.15) is 31.1 Å². The largest absolute Gasteiger partial charge is 0.380 e. The molecular formula is C13H20ClN3O. The summed E-state index contributed by atoms with van der Waals surface area (Å²) >= 11 is 5.99. The van der Waals surface area contributed by atoms with Gasteiger partial charge in [-0.05, 0) is 17.5 Å². The lowest BCUT2D eigenvalue weighted by Crippen LogP contribution is -2.40. The SMILES string of the molecule is CC(C)(C)C(CN)Nc1cccc(Cl)c1C(N)=O. The Bertz CT molecular complexity index is 440. The van der Waals surface area contributed by atoms with E-state index in [9.17, 15) is 4.79 Å². The monoisotopic (exact) mass is 269 g/mol. The summed E-state index contributed by atoms with van der Waals surface area (Å²) in [4.78, 5) is 11.4. The van der Waals surface area contributed by atoms with E-state index >= 15 is 0 Å². The molecule has 1 atom stereocenters. The van der Waals surface area contributed by atoms with Crippen LogP contribution in [-0.4, -0.2) is 18.5 Å². The fourth-order valence-corrected chi connectivity index (χ4v) is 1.98. The number of primary amides is 1. The Morgan fingerprint density at radius 3 is 2.50 bits per heavy atom. The summed E-state index contributed by atoms with van der Waals surface area (Å²) in [6.45, 7) is 6.68.